The maximum absolute atomic E-state index is 11.8. The van der Waals surface area contributed by atoms with Crippen LogP contribution in [0.5, 0.6) is 0 Å². The van der Waals surface area contributed by atoms with E-state index < -0.39 is 0 Å². The number of fused-ring (bicyclic) bond motifs is 3. The first-order valence-electron chi connectivity index (χ1n) is 5.39. The van der Waals surface area contributed by atoms with Gasteiger partial charge in [-0.3, -0.25) is 14.9 Å². The van der Waals surface area contributed by atoms with E-state index in [1.165, 1.54) is 0 Å². The van der Waals surface area contributed by atoms with Gasteiger partial charge in [-0.15, -0.1) is 0 Å². The largest absolute Gasteiger partial charge is 0.288 e. The van der Waals surface area contributed by atoms with E-state index in [9.17, 15) is 9.59 Å². The van der Waals surface area contributed by atoms with Crippen LogP contribution in [-0.2, 0) is 0 Å². The topological polar surface area (TPSA) is 46.2 Å². The van der Waals surface area contributed by atoms with Crippen molar-refractivity contribution in [3.05, 3.63) is 47.5 Å². The van der Waals surface area contributed by atoms with Gasteiger partial charge in [-0.2, -0.15) is 0 Å². The zero-order chi connectivity index (χ0) is 11.6. The average Bonchev–Trinajstić information content (AvgIpc) is 2.67. The van der Waals surface area contributed by atoms with Gasteiger partial charge in [0.25, 0.3) is 11.8 Å². The quantitative estimate of drug-likeness (QED) is 0.592. The van der Waals surface area contributed by atoms with Crippen molar-refractivity contribution in [1.82, 2.24) is 5.32 Å². The normalized spacial score (nSPS) is 14.6. The fraction of sp³-hybridized carbons (Fsp3) is 0. The summed E-state index contributed by atoms with van der Waals surface area (Å²) < 4.78 is 0. The standard InChI is InChI=1S/C14H7NO2/c16-13-10-6-5-9-7-1-3-8(4-2-7)11(9)12(10)14(17)15-13/h1-6H,(H,15,16,17). The lowest BCUT2D eigenvalue weighted by molar-refractivity contribution is 0.0880. The minimum Gasteiger partial charge on any atom is -0.288 e. The Bertz CT molecular complexity index is 784. The summed E-state index contributed by atoms with van der Waals surface area (Å²) in [5.41, 5.74) is 1.00. The van der Waals surface area contributed by atoms with E-state index in [1.54, 1.807) is 6.07 Å². The second-order valence-electron chi connectivity index (χ2n) is 4.27. The van der Waals surface area contributed by atoms with Crippen molar-refractivity contribution in [2.75, 3.05) is 0 Å². The molecular formula is C14H7NO2. The van der Waals surface area contributed by atoms with E-state index in [2.05, 4.69) is 5.32 Å². The van der Waals surface area contributed by atoms with Gasteiger partial charge in [0.2, 0.25) is 0 Å². The van der Waals surface area contributed by atoms with E-state index in [0.29, 0.717) is 11.1 Å². The predicted molar refractivity (Wildman–Crippen MR) is 64.4 cm³/mol. The molecule has 0 unspecified atom stereocenters. The van der Waals surface area contributed by atoms with Gasteiger partial charge in [-0.05, 0) is 22.2 Å². The fourth-order valence-corrected chi connectivity index (χ4v) is 2.62. The molecule has 1 heterocycles. The van der Waals surface area contributed by atoms with E-state index >= 15 is 0 Å². The average molecular weight is 221 g/mol. The first kappa shape index (κ1) is 8.70. The van der Waals surface area contributed by atoms with Crippen LogP contribution in [0.3, 0.4) is 0 Å². The van der Waals surface area contributed by atoms with Gasteiger partial charge in [0.05, 0.1) is 11.1 Å². The van der Waals surface area contributed by atoms with Crippen molar-refractivity contribution >= 4 is 33.4 Å². The Morgan fingerprint density at radius 1 is 0.765 bits per heavy atom. The van der Waals surface area contributed by atoms with Gasteiger partial charge in [-0.25, -0.2) is 0 Å². The Labute approximate surface area is 96.4 Å². The maximum atomic E-state index is 11.8. The van der Waals surface area contributed by atoms with Crippen LogP contribution in [0.15, 0.2) is 36.4 Å². The molecule has 5 rings (SSSR count). The number of hydrogen-bond acceptors (Lipinski definition) is 2. The second kappa shape index (κ2) is 2.63. The summed E-state index contributed by atoms with van der Waals surface area (Å²) in [6.45, 7) is 0. The molecule has 0 saturated carbocycles. The molecule has 1 N–H and O–H groups in total. The third kappa shape index (κ3) is 0.916. The zero-order valence-electron chi connectivity index (χ0n) is 8.78. The van der Waals surface area contributed by atoms with Crippen LogP contribution < -0.4 is 5.32 Å². The molecule has 0 spiro atoms. The number of amides is 2. The molecule has 0 fully saturated rings. The van der Waals surface area contributed by atoms with Crippen molar-refractivity contribution in [2.45, 2.75) is 0 Å². The molecule has 4 aromatic carbocycles. The Kier molecular flexibility index (Phi) is 1.35. The molecule has 80 valence electrons. The SMILES string of the molecule is O=C1NC(=O)c2c1ccc1c3ccc(cc3)c21. The highest BCUT2D eigenvalue weighted by Crippen LogP contribution is 2.34. The minimum atomic E-state index is -0.298. The number of benzene rings is 4. The molecule has 0 atom stereocenters. The molecule has 2 bridgehead atoms. The fourth-order valence-electron chi connectivity index (χ4n) is 2.62. The number of imide groups is 1. The van der Waals surface area contributed by atoms with Gasteiger partial charge >= 0.3 is 0 Å². The summed E-state index contributed by atoms with van der Waals surface area (Å²) in [7, 11) is 0. The summed E-state index contributed by atoms with van der Waals surface area (Å²) in [5, 5.41) is 6.36. The van der Waals surface area contributed by atoms with E-state index in [1.807, 2.05) is 30.3 Å². The molecule has 1 aliphatic heterocycles. The predicted octanol–water partition coefficient (Wildman–Crippen LogP) is 2.31. The Balaban J connectivity index is 2.33. The molecule has 0 aliphatic carbocycles. The Morgan fingerprint density at radius 3 is 2.24 bits per heavy atom. The molecule has 3 heteroatoms. The van der Waals surface area contributed by atoms with E-state index in [4.69, 9.17) is 0 Å². The highest BCUT2D eigenvalue weighted by Gasteiger charge is 2.29. The van der Waals surface area contributed by atoms with Gasteiger partial charge in [0.15, 0.2) is 0 Å². The van der Waals surface area contributed by atoms with Gasteiger partial charge in [-0.1, -0.05) is 30.3 Å². The van der Waals surface area contributed by atoms with Gasteiger partial charge in [0, 0.05) is 5.39 Å². The van der Waals surface area contributed by atoms with Crippen molar-refractivity contribution in [3.63, 3.8) is 0 Å². The summed E-state index contributed by atoms with van der Waals surface area (Å²) in [6.07, 6.45) is 0. The van der Waals surface area contributed by atoms with Crippen LogP contribution in [0.4, 0.5) is 0 Å². The molecule has 0 radical (unpaired) electrons. The van der Waals surface area contributed by atoms with E-state index in [0.717, 1.165) is 21.5 Å². The molecule has 1 aliphatic rings. The highest BCUT2D eigenvalue weighted by atomic mass is 16.2. The molecule has 3 nitrogen and oxygen atoms in total. The number of carbonyl (C=O) groups excluding carboxylic acids is 2. The summed E-state index contributed by atoms with van der Waals surface area (Å²) in [5.74, 6) is -0.586. The van der Waals surface area contributed by atoms with Crippen molar-refractivity contribution < 1.29 is 9.59 Å². The number of nitrogens with one attached hydrogen (secondary N) is 1. The lowest BCUT2D eigenvalue weighted by Gasteiger charge is -2.09. The van der Waals surface area contributed by atoms with Crippen LogP contribution in [0, 0.1) is 0 Å². The zero-order valence-corrected chi connectivity index (χ0v) is 8.78. The second-order valence-corrected chi connectivity index (χ2v) is 4.27. The van der Waals surface area contributed by atoms with Crippen molar-refractivity contribution in [3.8, 4) is 0 Å². The molecule has 0 saturated heterocycles. The third-order valence-electron chi connectivity index (χ3n) is 3.39. The number of rotatable bonds is 0. The van der Waals surface area contributed by atoms with Gasteiger partial charge < -0.3 is 0 Å². The smallest absolute Gasteiger partial charge is 0.259 e. The van der Waals surface area contributed by atoms with Crippen LogP contribution in [0.25, 0.3) is 21.5 Å². The first-order chi connectivity index (χ1) is 8.25. The van der Waals surface area contributed by atoms with Crippen molar-refractivity contribution in [2.24, 2.45) is 0 Å². The van der Waals surface area contributed by atoms with Crippen LogP contribution in [0.1, 0.15) is 20.7 Å². The molecule has 4 aromatic rings. The Morgan fingerprint density at radius 2 is 1.47 bits per heavy atom. The lowest BCUT2D eigenvalue weighted by Crippen LogP contribution is -2.20. The molecular weight excluding hydrogens is 214 g/mol. The van der Waals surface area contributed by atoms with Gasteiger partial charge in [0.1, 0.15) is 0 Å². The highest BCUT2D eigenvalue weighted by molar-refractivity contribution is 6.30. The van der Waals surface area contributed by atoms with E-state index in [-0.39, 0.29) is 11.8 Å². The Hall–Kier alpha value is -2.42. The molecule has 2 amide bonds. The summed E-state index contributed by atoms with van der Waals surface area (Å²) in [6, 6.07) is 11.7. The third-order valence-corrected chi connectivity index (χ3v) is 3.39. The maximum Gasteiger partial charge on any atom is 0.259 e. The summed E-state index contributed by atoms with van der Waals surface area (Å²) in [4.78, 5) is 23.4. The van der Waals surface area contributed by atoms with Crippen LogP contribution >= 0.6 is 0 Å². The summed E-state index contributed by atoms with van der Waals surface area (Å²) >= 11 is 0. The lowest BCUT2D eigenvalue weighted by atomic mass is 9.93. The molecule has 0 aromatic heterocycles. The number of carbonyl (C=O) groups is 2. The van der Waals surface area contributed by atoms with Crippen LogP contribution in [-0.4, -0.2) is 11.8 Å². The first-order valence-corrected chi connectivity index (χ1v) is 5.39. The van der Waals surface area contributed by atoms with Crippen LogP contribution in [0.2, 0.25) is 0 Å². The molecule has 17 heavy (non-hydrogen) atoms. The monoisotopic (exact) mass is 221 g/mol. The number of hydrogen-bond donors (Lipinski definition) is 1. The minimum absolute atomic E-state index is 0.288. The van der Waals surface area contributed by atoms with Crippen molar-refractivity contribution in [1.29, 1.82) is 0 Å².